The Hall–Kier alpha value is -1.98. The molecule has 0 radical (unpaired) electrons. The van der Waals surface area contributed by atoms with Crippen molar-refractivity contribution in [2.75, 3.05) is 7.05 Å². The van der Waals surface area contributed by atoms with Crippen molar-refractivity contribution in [3.05, 3.63) is 18.2 Å². The number of nitrogens with zero attached hydrogens (tertiary/aromatic N) is 3. The van der Waals surface area contributed by atoms with E-state index in [-0.39, 0.29) is 11.7 Å². The molecular weight excluding hydrogens is 170 g/mol. The summed E-state index contributed by atoms with van der Waals surface area (Å²) >= 11 is 0. The number of rotatable bonds is 1. The first kappa shape index (κ1) is 7.66. The normalized spacial score (nSPS) is 10.2. The zero-order valence-corrected chi connectivity index (χ0v) is 6.90. The van der Waals surface area contributed by atoms with Crippen LogP contribution in [0.2, 0.25) is 0 Å². The van der Waals surface area contributed by atoms with Gasteiger partial charge in [0, 0.05) is 13.2 Å². The van der Waals surface area contributed by atoms with E-state index in [0.29, 0.717) is 5.65 Å². The summed E-state index contributed by atoms with van der Waals surface area (Å²) in [5.74, 6) is -0.171. The zero-order valence-electron chi connectivity index (χ0n) is 6.90. The Morgan fingerprint density at radius 1 is 1.54 bits per heavy atom. The predicted octanol–water partition coefficient (Wildman–Crippen LogP) is -0.288. The van der Waals surface area contributed by atoms with E-state index in [1.54, 1.807) is 12.4 Å². The minimum absolute atomic E-state index is 0.138. The Kier molecular flexibility index (Phi) is 1.66. The third kappa shape index (κ3) is 1.22. The van der Waals surface area contributed by atoms with Crippen molar-refractivity contribution < 1.29 is 4.79 Å². The summed E-state index contributed by atoms with van der Waals surface area (Å²) in [7, 11) is 1.53. The number of hydrogen-bond acceptors (Lipinski definition) is 4. The maximum Gasteiger partial charge on any atom is 0.288 e. The molecule has 0 atom stereocenters. The number of aromatic amines is 1. The summed E-state index contributed by atoms with van der Waals surface area (Å²) in [5.41, 5.74) is 0.564. The van der Waals surface area contributed by atoms with Crippen LogP contribution in [0.1, 0.15) is 10.6 Å². The molecule has 2 rings (SSSR count). The minimum Gasteiger partial charge on any atom is -0.352 e. The molecule has 0 spiro atoms. The molecule has 0 aromatic carbocycles. The Balaban J connectivity index is 2.54. The van der Waals surface area contributed by atoms with Crippen molar-refractivity contribution in [2.45, 2.75) is 0 Å². The monoisotopic (exact) mass is 177 g/mol. The smallest absolute Gasteiger partial charge is 0.288 e. The van der Waals surface area contributed by atoms with Crippen molar-refractivity contribution in [2.24, 2.45) is 0 Å². The Morgan fingerprint density at radius 3 is 3.15 bits per heavy atom. The highest BCUT2D eigenvalue weighted by Gasteiger charge is 2.07. The minimum atomic E-state index is -0.309. The van der Waals surface area contributed by atoms with Gasteiger partial charge in [0.2, 0.25) is 5.82 Å². The standard InChI is InChI=1S/C7H7N5O/c1-8-7(13)6-9-2-4-3-10-12-5(4)11-6/h2-3H,1H3,(H,8,13)(H,9,10,11,12). The molecule has 6 heteroatoms. The van der Waals surface area contributed by atoms with Gasteiger partial charge in [0.25, 0.3) is 5.91 Å². The first-order valence-electron chi connectivity index (χ1n) is 3.69. The summed E-state index contributed by atoms with van der Waals surface area (Å²) in [6, 6.07) is 0. The number of fused-ring (bicyclic) bond motifs is 1. The second kappa shape index (κ2) is 2.81. The highest BCUT2D eigenvalue weighted by Crippen LogP contribution is 2.04. The van der Waals surface area contributed by atoms with Crippen molar-refractivity contribution in [1.82, 2.24) is 25.5 Å². The number of nitrogens with one attached hydrogen (secondary N) is 2. The van der Waals surface area contributed by atoms with Crippen LogP contribution in [0.25, 0.3) is 11.0 Å². The van der Waals surface area contributed by atoms with Gasteiger partial charge in [-0.2, -0.15) is 5.10 Å². The van der Waals surface area contributed by atoms with E-state index >= 15 is 0 Å². The fourth-order valence-electron chi connectivity index (χ4n) is 0.959. The van der Waals surface area contributed by atoms with Crippen LogP contribution < -0.4 is 5.32 Å². The van der Waals surface area contributed by atoms with Crippen LogP contribution in [0.5, 0.6) is 0 Å². The Morgan fingerprint density at radius 2 is 2.38 bits per heavy atom. The molecule has 1 amide bonds. The van der Waals surface area contributed by atoms with Crippen LogP contribution >= 0.6 is 0 Å². The average Bonchev–Trinajstić information content (AvgIpc) is 2.63. The number of amides is 1. The van der Waals surface area contributed by atoms with E-state index in [2.05, 4.69) is 25.5 Å². The summed E-state index contributed by atoms with van der Waals surface area (Å²) in [6.07, 6.45) is 3.15. The first-order chi connectivity index (χ1) is 6.31. The van der Waals surface area contributed by atoms with Gasteiger partial charge in [0.05, 0.1) is 11.6 Å². The van der Waals surface area contributed by atoms with E-state index in [4.69, 9.17) is 0 Å². The molecule has 0 saturated carbocycles. The number of aromatic nitrogens is 4. The fourth-order valence-corrected chi connectivity index (χ4v) is 0.959. The topological polar surface area (TPSA) is 83.6 Å². The lowest BCUT2D eigenvalue weighted by atomic mass is 10.4. The zero-order chi connectivity index (χ0) is 9.26. The molecule has 0 bridgehead atoms. The van der Waals surface area contributed by atoms with Gasteiger partial charge in [0.15, 0.2) is 5.65 Å². The lowest BCUT2D eigenvalue weighted by molar-refractivity contribution is 0.0953. The van der Waals surface area contributed by atoms with Gasteiger partial charge in [-0.05, 0) is 0 Å². The molecule has 2 N–H and O–H groups in total. The molecule has 0 aliphatic carbocycles. The molecule has 0 saturated heterocycles. The van der Waals surface area contributed by atoms with E-state index in [1.165, 1.54) is 7.05 Å². The van der Waals surface area contributed by atoms with Gasteiger partial charge in [-0.1, -0.05) is 0 Å². The lowest BCUT2D eigenvalue weighted by Crippen LogP contribution is -2.20. The Labute approximate surface area is 73.4 Å². The van der Waals surface area contributed by atoms with Crippen LogP contribution in [-0.2, 0) is 0 Å². The first-order valence-corrected chi connectivity index (χ1v) is 3.69. The second-order valence-corrected chi connectivity index (χ2v) is 2.45. The maximum atomic E-state index is 11.1. The van der Waals surface area contributed by atoms with Crippen LogP contribution in [0.4, 0.5) is 0 Å². The van der Waals surface area contributed by atoms with E-state index in [1.807, 2.05) is 0 Å². The molecule has 0 fully saturated rings. The fraction of sp³-hybridized carbons (Fsp3) is 0.143. The number of carbonyl (C=O) groups excluding carboxylic acids is 1. The third-order valence-corrected chi connectivity index (χ3v) is 1.62. The van der Waals surface area contributed by atoms with Crippen LogP contribution in [0.3, 0.4) is 0 Å². The average molecular weight is 177 g/mol. The lowest BCUT2D eigenvalue weighted by Gasteiger charge is -1.95. The highest BCUT2D eigenvalue weighted by atomic mass is 16.2. The molecule has 13 heavy (non-hydrogen) atoms. The molecule has 0 aliphatic rings. The van der Waals surface area contributed by atoms with Crippen LogP contribution in [0, 0.1) is 0 Å². The largest absolute Gasteiger partial charge is 0.352 e. The van der Waals surface area contributed by atoms with Gasteiger partial charge in [0.1, 0.15) is 0 Å². The summed E-state index contributed by atoms with van der Waals surface area (Å²) < 4.78 is 0. The molecule has 6 nitrogen and oxygen atoms in total. The Bertz CT molecular complexity index is 449. The summed E-state index contributed by atoms with van der Waals surface area (Å²) in [4.78, 5) is 18.9. The molecule has 0 unspecified atom stereocenters. The SMILES string of the molecule is CNC(=O)c1ncc2cn[nH]c2n1. The predicted molar refractivity (Wildman–Crippen MR) is 45.1 cm³/mol. The van der Waals surface area contributed by atoms with Gasteiger partial charge >= 0.3 is 0 Å². The van der Waals surface area contributed by atoms with Crippen molar-refractivity contribution in [3.63, 3.8) is 0 Å². The highest BCUT2D eigenvalue weighted by molar-refractivity contribution is 5.91. The molecule has 0 aliphatic heterocycles. The van der Waals surface area contributed by atoms with Crippen molar-refractivity contribution >= 4 is 16.9 Å². The number of hydrogen-bond donors (Lipinski definition) is 2. The number of H-pyrrole nitrogens is 1. The number of carbonyl (C=O) groups is 1. The van der Waals surface area contributed by atoms with Gasteiger partial charge < -0.3 is 5.32 Å². The molecule has 2 aromatic heterocycles. The molecule has 66 valence electrons. The van der Waals surface area contributed by atoms with Crippen LogP contribution in [0.15, 0.2) is 12.4 Å². The van der Waals surface area contributed by atoms with Crippen molar-refractivity contribution in [3.8, 4) is 0 Å². The second-order valence-electron chi connectivity index (χ2n) is 2.45. The summed E-state index contributed by atoms with van der Waals surface area (Å²) in [6.45, 7) is 0. The molecule has 2 heterocycles. The summed E-state index contributed by atoms with van der Waals surface area (Å²) in [5, 5.41) is 9.65. The molecule has 2 aromatic rings. The van der Waals surface area contributed by atoms with E-state index in [9.17, 15) is 4.79 Å². The van der Waals surface area contributed by atoms with E-state index in [0.717, 1.165) is 5.39 Å². The van der Waals surface area contributed by atoms with Gasteiger partial charge in [-0.15, -0.1) is 0 Å². The maximum absolute atomic E-state index is 11.1. The van der Waals surface area contributed by atoms with Crippen LogP contribution in [-0.4, -0.2) is 33.1 Å². The quantitative estimate of drug-likeness (QED) is 0.627. The molecular formula is C7H7N5O. The van der Waals surface area contributed by atoms with E-state index < -0.39 is 0 Å². The van der Waals surface area contributed by atoms with Gasteiger partial charge in [-0.3, -0.25) is 9.89 Å². The van der Waals surface area contributed by atoms with Crippen molar-refractivity contribution in [1.29, 1.82) is 0 Å². The third-order valence-electron chi connectivity index (χ3n) is 1.62. The van der Waals surface area contributed by atoms with Gasteiger partial charge in [-0.25, -0.2) is 9.97 Å².